The lowest BCUT2D eigenvalue weighted by Gasteiger charge is -2.57. The molecule has 0 saturated heterocycles. The van der Waals surface area contributed by atoms with Crippen molar-refractivity contribution in [2.24, 2.45) is 28.6 Å². The molecule has 1 N–H and O–H groups in total. The molecular weight excluding hydrogens is 371 g/mol. The van der Waals surface area contributed by atoms with Crippen molar-refractivity contribution >= 4 is 22.6 Å². The normalized spacial score (nSPS) is 53.5. The molecule has 0 amide bonds. The van der Waals surface area contributed by atoms with E-state index >= 15 is 0 Å². The van der Waals surface area contributed by atoms with Gasteiger partial charge in [0.15, 0.2) is 0 Å². The fraction of sp³-hybridized carbons (Fsp3) is 0.789. The monoisotopic (exact) mass is 399 g/mol. The molecule has 0 radical (unpaired) electrons. The van der Waals surface area contributed by atoms with Crippen LogP contribution >= 0.6 is 22.6 Å². The lowest BCUT2D eigenvalue weighted by molar-refractivity contribution is -0.0268. The molecule has 4 aliphatic rings. The Kier molecular flexibility index (Phi) is 3.13. The van der Waals surface area contributed by atoms with Crippen molar-refractivity contribution in [3.63, 3.8) is 0 Å². The number of allylic oxidation sites excluding steroid dienone is 3. The lowest BCUT2D eigenvalue weighted by atomic mass is 9.48. The summed E-state index contributed by atoms with van der Waals surface area (Å²) in [7, 11) is 0. The van der Waals surface area contributed by atoms with Crippen LogP contribution in [-0.2, 0) is 0 Å². The van der Waals surface area contributed by atoms with Crippen LogP contribution in [0.5, 0.6) is 0 Å². The molecule has 1 nitrogen and oxygen atoms in total. The third kappa shape index (κ3) is 1.97. The van der Waals surface area contributed by atoms with E-state index < -0.39 is 0 Å². The van der Waals surface area contributed by atoms with Crippen LogP contribution in [0, 0.1) is 28.6 Å². The van der Waals surface area contributed by atoms with Crippen LogP contribution in [0.25, 0.3) is 0 Å². The second kappa shape index (κ2) is 4.83. The van der Waals surface area contributed by atoms with Gasteiger partial charge in [-0.3, -0.25) is 0 Å². The maximum Gasteiger partial charge on any atom is 0.0584 e. The van der Waals surface area contributed by atoms with E-state index in [-0.39, 0.29) is 11.5 Å². The van der Waals surface area contributed by atoms with Crippen molar-refractivity contribution < 1.29 is 6.48 Å². The zero-order chi connectivity index (χ0) is 15.7. The third-order valence-corrected chi connectivity index (χ3v) is 9.06. The Morgan fingerprint density at radius 1 is 1.19 bits per heavy atom. The quantitative estimate of drug-likeness (QED) is 0.436. The standard InChI is InChI=1S/C19H27IO/c1-18-9-7-13(21)11-12(18)3-4-14-15-5-6-17(20)19(15,2)10-8-16(14)18/h3,6,13-16,21H,4-5,7-11H2,1-2H3/t13-,14?,15?,16?,18-,19-/m0/s1/i6D. The van der Waals surface area contributed by atoms with Gasteiger partial charge in [0.05, 0.1) is 7.47 Å². The Morgan fingerprint density at radius 3 is 2.76 bits per heavy atom. The maximum absolute atomic E-state index is 10.0. The fourth-order valence-corrected chi connectivity index (χ4v) is 6.90. The van der Waals surface area contributed by atoms with Gasteiger partial charge in [0.2, 0.25) is 0 Å². The van der Waals surface area contributed by atoms with Crippen molar-refractivity contribution in [3.05, 3.63) is 21.3 Å². The first kappa shape index (κ1) is 13.6. The summed E-state index contributed by atoms with van der Waals surface area (Å²) >= 11 is 2.46. The highest BCUT2D eigenvalue weighted by molar-refractivity contribution is 14.1. The van der Waals surface area contributed by atoms with Crippen molar-refractivity contribution in [3.8, 4) is 0 Å². The van der Waals surface area contributed by atoms with Crippen LogP contribution < -0.4 is 0 Å². The number of rotatable bonds is 0. The van der Waals surface area contributed by atoms with Crippen LogP contribution in [0.4, 0.5) is 0 Å². The average molecular weight is 399 g/mol. The first-order chi connectivity index (χ1) is 10.4. The van der Waals surface area contributed by atoms with Gasteiger partial charge in [-0.2, -0.15) is 0 Å². The van der Waals surface area contributed by atoms with Crippen molar-refractivity contribution in [1.29, 1.82) is 0 Å². The lowest BCUT2D eigenvalue weighted by Crippen LogP contribution is -2.49. The molecule has 2 fully saturated rings. The molecule has 0 spiro atoms. The van der Waals surface area contributed by atoms with Gasteiger partial charge in [-0.1, -0.05) is 31.5 Å². The summed E-state index contributed by atoms with van der Waals surface area (Å²) in [6.07, 6.45) is 10.1. The summed E-state index contributed by atoms with van der Waals surface area (Å²) < 4.78 is 9.69. The predicted molar refractivity (Wildman–Crippen MR) is 95.2 cm³/mol. The number of halogens is 1. The fourth-order valence-electron chi connectivity index (χ4n) is 6.01. The Morgan fingerprint density at radius 2 is 1.95 bits per heavy atom. The number of hydrogen-bond acceptors (Lipinski definition) is 1. The summed E-state index contributed by atoms with van der Waals surface area (Å²) in [6, 6.07) is 0.910. The average Bonchev–Trinajstić information content (AvgIpc) is 2.72. The zero-order valence-corrected chi connectivity index (χ0v) is 15.3. The van der Waals surface area contributed by atoms with E-state index in [9.17, 15) is 5.11 Å². The highest BCUT2D eigenvalue weighted by Gasteiger charge is 2.56. The molecule has 4 rings (SSSR count). The molecule has 3 unspecified atom stereocenters. The summed E-state index contributed by atoms with van der Waals surface area (Å²) in [6.45, 7) is 4.89. The minimum absolute atomic E-state index is 0.112. The summed E-state index contributed by atoms with van der Waals surface area (Å²) in [5, 5.41) is 10.0. The van der Waals surface area contributed by atoms with Gasteiger partial charge in [0, 0.05) is 5.41 Å². The molecule has 0 bridgehead atoms. The Labute approximate surface area is 143 Å². The molecule has 0 aliphatic heterocycles. The van der Waals surface area contributed by atoms with E-state index in [1.54, 1.807) is 5.57 Å². The van der Waals surface area contributed by atoms with Gasteiger partial charge >= 0.3 is 0 Å². The van der Waals surface area contributed by atoms with E-state index in [4.69, 9.17) is 1.37 Å². The molecule has 0 aromatic rings. The second-order valence-electron chi connectivity index (χ2n) is 8.31. The molecular formula is C19H27IO. The molecule has 0 aromatic heterocycles. The summed E-state index contributed by atoms with van der Waals surface area (Å²) in [5.41, 5.74) is 2.14. The van der Waals surface area contributed by atoms with Crippen LogP contribution in [-0.4, -0.2) is 11.2 Å². The maximum atomic E-state index is 10.0. The molecule has 0 aromatic carbocycles. The third-order valence-electron chi connectivity index (χ3n) is 7.45. The predicted octanol–water partition coefficient (Wildman–Crippen LogP) is 5.24. The smallest absolute Gasteiger partial charge is 0.0584 e. The van der Waals surface area contributed by atoms with Gasteiger partial charge < -0.3 is 5.11 Å². The van der Waals surface area contributed by atoms with E-state index in [0.29, 0.717) is 11.3 Å². The molecule has 21 heavy (non-hydrogen) atoms. The van der Waals surface area contributed by atoms with E-state index in [2.05, 4.69) is 42.5 Å². The Bertz CT molecular complexity index is 568. The SMILES string of the molecule is [2H]C1=C(I)[C@@]2(C)CCC3C(CC=C4C[C@@H](O)CC[C@@]43C)C2C1. The van der Waals surface area contributed by atoms with Crippen LogP contribution in [0.1, 0.15) is 60.2 Å². The van der Waals surface area contributed by atoms with Crippen molar-refractivity contribution in [2.75, 3.05) is 0 Å². The number of hydrogen-bond donors (Lipinski definition) is 1. The molecule has 0 heterocycles. The highest BCUT2D eigenvalue weighted by Crippen LogP contribution is 2.65. The largest absolute Gasteiger partial charge is 0.393 e. The minimum atomic E-state index is -0.112. The molecule has 4 aliphatic carbocycles. The molecule has 2 heteroatoms. The molecule has 6 atom stereocenters. The number of aliphatic hydroxyl groups is 1. The van der Waals surface area contributed by atoms with Gasteiger partial charge in [-0.05, 0) is 94.3 Å². The van der Waals surface area contributed by atoms with Gasteiger partial charge in [-0.15, -0.1) is 0 Å². The second-order valence-corrected chi connectivity index (χ2v) is 9.39. The Balaban J connectivity index is 1.69. The topological polar surface area (TPSA) is 20.2 Å². The van der Waals surface area contributed by atoms with E-state index in [1.807, 2.05) is 0 Å². The van der Waals surface area contributed by atoms with Crippen LogP contribution in [0.15, 0.2) is 21.3 Å². The van der Waals surface area contributed by atoms with Crippen molar-refractivity contribution in [1.82, 2.24) is 0 Å². The first-order valence-corrected chi connectivity index (χ1v) is 9.67. The summed E-state index contributed by atoms with van der Waals surface area (Å²) in [5.74, 6) is 2.19. The number of fused-ring (bicyclic) bond motifs is 5. The molecule has 116 valence electrons. The van der Waals surface area contributed by atoms with Crippen LogP contribution in [0.3, 0.4) is 0 Å². The summed E-state index contributed by atoms with van der Waals surface area (Å²) in [4.78, 5) is 0. The van der Waals surface area contributed by atoms with Gasteiger partial charge in [-0.25, -0.2) is 0 Å². The van der Waals surface area contributed by atoms with Crippen LogP contribution in [0.2, 0.25) is 0 Å². The van der Waals surface area contributed by atoms with E-state index in [0.717, 1.165) is 43.6 Å². The number of aliphatic hydroxyl groups excluding tert-OH is 1. The zero-order valence-electron chi connectivity index (χ0n) is 14.2. The minimum Gasteiger partial charge on any atom is -0.393 e. The first-order valence-electron chi connectivity index (χ1n) is 9.09. The van der Waals surface area contributed by atoms with Gasteiger partial charge in [0.25, 0.3) is 0 Å². The van der Waals surface area contributed by atoms with E-state index in [1.165, 1.54) is 22.8 Å². The Hall–Kier alpha value is 0.170. The van der Waals surface area contributed by atoms with Crippen molar-refractivity contribution in [2.45, 2.75) is 64.9 Å². The molecule has 2 saturated carbocycles. The highest BCUT2D eigenvalue weighted by atomic mass is 127. The van der Waals surface area contributed by atoms with Gasteiger partial charge in [0.1, 0.15) is 0 Å².